The van der Waals surface area contributed by atoms with Crippen LogP contribution < -0.4 is 22.9 Å². The van der Waals surface area contributed by atoms with Crippen LogP contribution in [0, 0.1) is 5.92 Å². The van der Waals surface area contributed by atoms with E-state index < -0.39 is 73.1 Å². The number of alkyl halides is 2. The molecular formula is C31H33F2N9O8. The molecule has 19 heteroatoms. The fourth-order valence-corrected chi connectivity index (χ4v) is 5.41. The molecule has 5 atom stereocenters. The van der Waals surface area contributed by atoms with Crippen LogP contribution in [0.4, 0.5) is 26.4 Å². The minimum atomic E-state index is -3.95. The van der Waals surface area contributed by atoms with E-state index in [9.17, 15) is 38.2 Å². The van der Waals surface area contributed by atoms with E-state index in [-0.39, 0.29) is 41.1 Å². The molecule has 8 N–H and O–H groups in total. The van der Waals surface area contributed by atoms with Gasteiger partial charge in [0.1, 0.15) is 18.5 Å². The summed E-state index contributed by atoms with van der Waals surface area (Å²) < 4.78 is 40.0. The van der Waals surface area contributed by atoms with Gasteiger partial charge in [-0.3, -0.25) is 19.0 Å². The molecule has 1 aliphatic rings. The molecule has 50 heavy (non-hydrogen) atoms. The largest absolute Gasteiger partial charge is 0.481 e. The number of Topliss-reactive ketones (excluding diaryl/α,β-unsaturated/α-hetero) is 1. The summed E-state index contributed by atoms with van der Waals surface area (Å²) >= 11 is 0. The molecule has 3 aromatic heterocycles. The van der Waals surface area contributed by atoms with Crippen molar-refractivity contribution in [3.8, 4) is 0 Å². The van der Waals surface area contributed by atoms with Crippen molar-refractivity contribution in [3.05, 3.63) is 70.0 Å². The smallest absolute Gasteiger partial charge is 0.351 e. The summed E-state index contributed by atoms with van der Waals surface area (Å²) in [6.07, 6.45) is -4.58. The Labute approximate surface area is 281 Å². The number of aliphatic carboxylic acids is 1. The van der Waals surface area contributed by atoms with Gasteiger partial charge >= 0.3 is 23.6 Å². The van der Waals surface area contributed by atoms with Crippen molar-refractivity contribution in [2.24, 2.45) is 5.92 Å². The van der Waals surface area contributed by atoms with Gasteiger partial charge in [0.2, 0.25) is 12.2 Å². The summed E-state index contributed by atoms with van der Waals surface area (Å²) in [5.41, 5.74) is 18.1. The van der Waals surface area contributed by atoms with Crippen LogP contribution in [0.1, 0.15) is 59.9 Å². The van der Waals surface area contributed by atoms with Crippen molar-refractivity contribution < 1.29 is 42.9 Å². The van der Waals surface area contributed by atoms with Crippen LogP contribution in [0.3, 0.4) is 0 Å². The monoisotopic (exact) mass is 697 g/mol. The van der Waals surface area contributed by atoms with Crippen LogP contribution in [-0.2, 0) is 25.5 Å². The van der Waals surface area contributed by atoms with Gasteiger partial charge in [-0.25, -0.2) is 14.8 Å². The highest BCUT2D eigenvalue weighted by Crippen LogP contribution is 2.42. The molecular weight excluding hydrogens is 664 g/mol. The Morgan fingerprint density at radius 2 is 1.80 bits per heavy atom. The molecule has 1 saturated heterocycles. The maximum Gasteiger partial charge on any atom is 0.351 e. The van der Waals surface area contributed by atoms with Crippen molar-refractivity contribution in [2.45, 2.75) is 62.9 Å². The predicted molar refractivity (Wildman–Crippen MR) is 171 cm³/mol. The van der Waals surface area contributed by atoms with Gasteiger partial charge < -0.3 is 36.9 Å². The molecule has 4 unspecified atom stereocenters. The van der Waals surface area contributed by atoms with Crippen LogP contribution in [0.25, 0.3) is 11.2 Å². The SMILES string of the molecule is CC(Cc1cnc2nc(N)nc(N)c2n1)c1ccc(C(=O)CC(CCC(=O)OCC2OC(n3ccc(N)nc3=O)C(F)(F)[C@H]2O)C(=O)O)cc1. The molecule has 0 aliphatic carbocycles. The van der Waals surface area contributed by atoms with Gasteiger partial charge in [0.05, 0.1) is 17.8 Å². The summed E-state index contributed by atoms with van der Waals surface area (Å²) in [5, 5.41) is 19.8. The third kappa shape index (κ3) is 7.78. The predicted octanol–water partition coefficient (Wildman–Crippen LogP) is 1.26. The highest BCUT2D eigenvalue weighted by Gasteiger charge is 2.60. The van der Waals surface area contributed by atoms with E-state index in [1.54, 1.807) is 30.5 Å². The Morgan fingerprint density at radius 3 is 2.48 bits per heavy atom. The Hall–Kier alpha value is -5.69. The summed E-state index contributed by atoms with van der Waals surface area (Å²) in [7, 11) is 0. The maximum absolute atomic E-state index is 14.7. The van der Waals surface area contributed by atoms with E-state index in [0.717, 1.165) is 17.8 Å². The number of ether oxygens (including phenoxy) is 2. The summed E-state index contributed by atoms with van der Waals surface area (Å²) in [4.78, 5) is 69.3. The van der Waals surface area contributed by atoms with E-state index in [1.807, 2.05) is 6.92 Å². The number of nitrogen functional groups attached to an aromatic ring is 3. The first-order valence-electron chi connectivity index (χ1n) is 15.3. The molecule has 1 fully saturated rings. The van der Waals surface area contributed by atoms with Gasteiger partial charge in [-0.2, -0.15) is 23.7 Å². The van der Waals surface area contributed by atoms with E-state index in [4.69, 9.17) is 26.7 Å². The first kappa shape index (κ1) is 35.6. The normalized spacial score (nSPS) is 19.6. The van der Waals surface area contributed by atoms with E-state index in [1.165, 1.54) is 0 Å². The second-order valence-corrected chi connectivity index (χ2v) is 11.8. The van der Waals surface area contributed by atoms with Crippen LogP contribution in [0.5, 0.6) is 0 Å². The molecule has 0 amide bonds. The zero-order valence-corrected chi connectivity index (χ0v) is 26.5. The van der Waals surface area contributed by atoms with Gasteiger partial charge in [0, 0.05) is 24.6 Å². The van der Waals surface area contributed by atoms with Crippen molar-refractivity contribution >= 4 is 46.5 Å². The number of hydrogen-bond donors (Lipinski definition) is 5. The van der Waals surface area contributed by atoms with Gasteiger partial charge in [-0.1, -0.05) is 31.2 Å². The van der Waals surface area contributed by atoms with E-state index in [2.05, 4.69) is 24.9 Å². The topological polar surface area (TPSA) is 275 Å². The second-order valence-electron chi connectivity index (χ2n) is 11.8. The zero-order chi connectivity index (χ0) is 36.3. The minimum absolute atomic E-state index is 0.00894. The Balaban J connectivity index is 1.12. The molecule has 264 valence electrons. The molecule has 1 aliphatic heterocycles. The van der Waals surface area contributed by atoms with Crippen molar-refractivity contribution in [3.63, 3.8) is 0 Å². The fraction of sp³-hybridized carbons (Fsp3) is 0.387. The molecule has 0 spiro atoms. The van der Waals surface area contributed by atoms with Crippen LogP contribution in [0.15, 0.2) is 47.5 Å². The number of aliphatic hydroxyl groups excluding tert-OH is 1. The number of fused-ring (bicyclic) bond motifs is 1. The highest BCUT2D eigenvalue weighted by atomic mass is 19.3. The van der Waals surface area contributed by atoms with Gasteiger partial charge in [0.15, 0.2) is 28.9 Å². The lowest BCUT2D eigenvalue weighted by Gasteiger charge is -2.20. The number of esters is 1. The lowest BCUT2D eigenvalue weighted by atomic mass is 9.91. The number of ketones is 1. The number of carbonyl (C=O) groups excluding carboxylic acids is 2. The number of anilines is 3. The average molecular weight is 698 g/mol. The van der Waals surface area contributed by atoms with Crippen molar-refractivity contribution in [1.82, 2.24) is 29.5 Å². The molecule has 0 saturated carbocycles. The molecule has 4 aromatic rings. The van der Waals surface area contributed by atoms with Crippen LogP contribution >= 0.6 is 0 Å². The number of aromatic nitrogens is 6. The van der Waals surface area contributed by atoms with Gasteiger partial charge in [-0.15, -0.1) is 0 Å². The number of nitrogens with two attached hydrogens (primary N) is 3. The number of nitrogens with zero attached hydrogens (tertiary/aromatic N) is 6. The standard InChI is InChI=1S/C31H33F2N9O8/c1-14(10-18-12-37-26-23(38-18)25(35)40-29(36)41-26)15-2-4-16(5-3-15)19(43)11-17(27(46)47)6-7-22(44)49-13-20-24(45)31(32,33)28(50-20)42-9-8-21(34)39-30(42)48/h2-5,8-9,12,14,17,20,24,28,45H,6-7,10-11,13H2,1H3,(H,46,47)(H2,34,39,48)(H4,35,36,37,40,41)/t14?,17?,20?,24-,28?/m0/s1. The first-order valence-corrected chi connectivity index (χ1v) is 15.3. The molecule has 0 radical (unpaired) electrons. The Morgan fingerprint density at radius 1 is 1.08 bits per heavy atom. The number of carboxylic acid groups (broad SMARTS) is 1. The average Bonchev–Trinajstić information content (AvgIpc) is 3.29. The minimum Gasteiger partial charge on any atom is -0.481 e. The molecule has 5 rings (SSSR count). The number of carboxylic acids is 1. The Bertz CT molecular complexity index is 1980. The lowest BCUT2D eigenvalue weighted by Crippen LogP contribution is -2.42. The Kier molecular flexibility index (Phi) is 10.3. The van der Waals surface area contributed by atoms with Gasteiger partial charge in [-0.05, 0) is 30.4 Å². The molecule has 1 aromatic carbocycles. The van der Waals surface area contributed by atoms with Crippen molar-refractivity contribution in [1.29, 1.82) is 0 Å². The molecule has 0 bridgehead atoms. The number of benzene rings is 1. The van der Waals surface area contributed by atoms with Crippen LogP contribution in [-0.4, -0.2) is 82.2 Å². The molecule has 17 nitrogen and oxygen atoms in total. The quantitative estimate of drug-likeness (QED) is 0.0971. The van der Waals surface area contributed by atoms with Crippen LogP contribution in [0.2, 0.25) is 0 Å². The summed E-state index contributed by atoms with van der Waals surface area (Å²) in [5.74, 6) is -8.11. The zero-order valence-electron chi connectivity index (χ0n) is 26.5. The second kappa shape index (κ2) is 14.4. The summed E-state index contributed by atoms with van der Waals surface area (Å²) in [6, 6.07) is 7.73. The molecule has 4 heterocycles. The van der Waals surface area contributed by atoms with E-state index >= 15 is 0 Å². The first-order chi connectivity index (χ1) is 23.6. The van der Waals surface area contributed by atoms with Crippen molar-refractivity contribution in [2.75, 3.05) is 23.8 Å². The van der Waals surface area contributed by atoms with Gasteiger partial charge in [0.25, 0.3) is 0 Å². The number of rotatable bonds is 13. The number of aliphatic hydroxyl groups is 1. The number of carbonyl (C=O) groups is 3. The number of hydrogen-bond acceptors (Lipinski definition) is 15. The summed E-state index contributed by atoms with van der Waals surface area (Å²) in [6.45, 7) is 1.14. The highest BCUT2D eigenvalue weighted by molar-refractivity contribution is 5.98. The third-order valence-electron chi connectivity index (χ3n) is 8.19. The fourth-order valence-electron chi connectivity index (χ4n) is 5.41. The maximum atomic E-state index is 14.7. The number of halogens is 2. The third-order valence-corrected chi connectivity index (χ3v) is 8.19. The lowest BCUT2D eigenvalue weighted by molar-refractivity contribution is -0.151. The van der Waals surface area contributed by atoms with E-state index in [0.29, 0.717) is 22.2 Å².